The van der Waals surface area contributed by atoms with E-state index in [4.69, 9.17) is 14.2 Å². The summed E-state index contributed by atoms with van der Waals surface area (Å²) in [5.41, 5.74) is 1.00. The number of ether oxygens (including phenoxy) is 3. The molecule has 1 aliphatic rings. The molecule has 1 aromatic rings. The van der Waals surface area contributed by atoms with Crippen LogP contribution in [0.4, 0.5) is 0 Å². The molecule has 7 nitrogen and oxygen atoms in total. The van der Waals surface area contributed by atoms with Crippen LogP contribution in [0.3, 0.4) is 0 Å². The summed E-state index contributed by atoms with van der Waals surface area (Å²) in [5, 5.41) is 10.4. The number of benzene rings is 1. The first-order chi connectivity index (χ1) is 14.4. The fourth-order valence-corrected chi connectivity index (χ4v) is 3.97. The Morgan fingerprint density at radius 1 is 1.20 bits per heavy atom. The van der Waals surface area contributed by atoms with Gasteiger partial charge in [0.2, 0.25) is 0 Å². The van der Waals surface area contributed by atoms with Gasteiger partial charge in [0.1, 0.15) is 12.7 Å². The maximum absolute atomic E-state index is 11.6. The van der Waals surface area contributed by atoms with E-state index in [0.717, 1.165) is 5.56 Å². The van der Waals surface area contributed by atoms with Crippen LogP contribution in [0.1, 0.15) is 44.6 Å². The highest BCUT2D eigenvalue weighted by Crippen LogP contribution is 2.29. The Bertz CT molecular complexity index is 648. The average Bonchev–Trinajstić information content (AvgIpc) is 2.73. The van der Waals surface area contributed by atoms with Crippen molar-refractivity contribution >= 4 is 5.97 Å². The van der Waals surface area contributed by atoms with Gasteiger partial charge >= 0.3 is 5.97 Å². The molecule has 1 fully saturated rings. The van der Waals surface area contributed by atoms with E-state index in [2.05, 4.69) is 11.9 Å². The van der Waals surface area contributed by atoms with Gasteiger partial charge in [-0.2, -0.15) is 0 Å². The number of carbonyl (C=O) groups is 1. The fourth-order valence-electron chi connectivity index (χ4n) is 3.97. The van der Waals surface area contributed by atoms with Gasteiger partial charge in [0.25, 0.3) is 0 Å². The summed E-state index contributed by atoms with van der Waals surface area (Å²) in [6.07, 6.45) is 5.75. The molecule has 7 heteroatoms. The van der Waals surface area contributed by atoms with Crippen molar-refractivity contribution in [2.24, 2.45) is 0 Å². The monoisotopic (exact) mass is 422 g/mol. The maximum Gasteiger partial charge on any atom is 0.320 e. The Labute approximate surface area is 180 Å². The first-order valence-electron chi connectivity index (χ1n) is 10.9. The third-order valence-corrected chi connectivity index (χ3v) is 5.51. The third kappa shape index (κ3) is 8.13. The molecule has 0 aliphatic heterocycles. The third-order valence-electron chi connectivity index (χ3n) is 5.51. The van der Waals surface area contributed by atoms with Crippen molar-refractivity contribution in [2.45, 2.75) is 57.7 Å². The molecule has 0 radical (unpaired) electrons. The number of esters is 1. The van der Waals surface area contributed by atoms with E-state index in [1.54, 1.807) is 14.0 Å². The molecule has 0 unspecified atom stereocenters. The quantitative estimate of drug-likeness (QED) is 0.519. The zero-order valence-corrected chi connectivity index (χ0v) is 18.9. The van der Waals surface area contributed by atoms with Crippen molar-refractivity contribution in [3.05, 3.63) is 23.8 Å². The van der Waals surface area contributed by atoms with Crippen LogP contribution >= 0.6 is 0 Å². The summed E-state index contributed by atoms with van der Waals surface area (Å²) in [6, 6.07) is 6.26. The standard InChI is InChI=1S/C23H38N2O5/c1-5-29-23(27)16-24(2)14-18-11-12-21(22(13-18)28-4)30-17-20(26)15-25(3)19-9-7-6-8-10-19/h11-13,19-20,26H,5-10,14-17H2,1-4H3/t20-/m1/s1. The van der Waals surface area contributed by atoms with Crippen LogP contribution in [0.2, 0.25) is 0 Å². The van der Waals surface area contributed by atoms with Gasteiger partial charge in [0, 0.05) is 19.1 Å². The summed E-state index contributed by atoms with van der Waals surface area (Å²) in [4.78, 5) is 15.8. The Kier molecular flexibility index (Phi) is 10.4. The molecule has 0 bridgehead atoms. The van der Waals surface area contributed by atoms with E-state index in [1.807, 2.05) is 30.1 Å². The molecular weight excluding hydrogens is 384 g/mol. The minimum Gasteiger partial charge on any atom is -0.493 e. The number of methoxy groups -OCH3 is 1. The van der Waals surface area contributed by atoms with Gasteiger partial charge in [0.15, 0.2) is 11.5 Å². The summed E-state index contributed by atoms with van der Waals surface area (Å²) < 4.78 is 16.3. The van der Waals surface area contributed by atoms with Crippen LogP contribution in [0.5, 0.6) is 11.5 Å². The van der Waals surface area contributed by atoms with Crippen molar-refractivity contribution in [3.63, 3.8) is 0 Å². The predicted molar refractivity (Wildman–Crippen MR) is 117 cm³/mol. The predicted octanol–water partition coefficient (Wildman–Crippen LogP) is 2.69. The molecule has 1 aliphatic carbocycles. The molecule has 1 saturated carbocycles. The lowest BCUT2D eigenvalue weighted by molar-refractivity contribution is -0.144. The second-order valence-corrected chi connectivity index (χ2v) is 8.16. The first kappa shape index (κ1) is 24.4. The highest BCUT2D eigenvalue weighted by molar-refractivity contribution is 5.71. The largest absolute Gasteiger partial charge is 0.493 e. The van der Waals surface area contributed by atoms with E-state index in [1.165, 1.54) is 32.1 Å². The number of nitrogens with zero attached hydrogens (tertiary/aromatic N) is 2. The molecule has 0 heterocycles. The number of hydrogen-bond donors (Lipinski definition) is 1. The molecule has 1 atom stereocenters. The molecule has 0 saturated heterocycles. The van der Waals surface area contributed by atoms with Crippen molar-refractivity contribution in [2.75, 3.05) is 47.5 Å². The van der Waals surface area contributed by atoms with E-state index < -0.39 is 6.10 Å². The highest BCUT2D eigenvalue weighted by atomic mass is 16.5. The van der Waals surface area contributed by atoms with Gasteiger partial charge in [0.05, 0.1) is 20.3 Å². The molecular formula is C23H38N2O5. The first-order valence-corrected chi connectivity index (χ1v) is 10.9. The molecule has 170 valence electrons. The van der Waals surface area contributed by atoms with Gasteiger partial charge in [-0.15, -0.1) is 0 Å². The highest BCUT2D eigenvalue weighted by Gasteiger charge is 2.20. The second-order valence-electron chi connectivity index (χ2n) is 8.16. The Hall–Kier alpha value is -1.83. The van der Waals surface area contributed by atoms with E-state index in [0.29, 0.717) is 37.2 Å². The lowest BCUT2D eigenvalue weighted by atomic mass is 9.94. The van der Waals surface area contributed by atoms with Crippen molar-refractivity contribution in [3.8, 4) is 11.5 Å². The molecule has 1 aromatic carbocycles. The van der Waals surface area contributed by atoms with Crippen LogP contribution in [-0.4, -0.2) is 80.5 Å². The molecule has 30 heavy (non-hydrogen) atoms. The Morgan fingerprint density at radius 3 is 2.60 bits per heavy atom. The summed E-state index contributed by atoms with van der Waals surface area (Å²) >= 11 is 0. The summed E-state index contributed by atoms with van der Waals surface area (Å²) in [7, 11) is 5.55. The van der Waals surface area contributed by atoms with Crippen LogP contribution in [0.15, 0.2) is 18.2 Å². The van der Waals surface area contributed by atoms with Crippen molar-refractivity contribution < 1.29 is 24.1 Å². The molecule has 1 N–H and O–H groups in total. The van der Waals surface area contributed by atoms with Gasteiger partial charge < -0.3 is 24.2 Å². The fraction of sp³-hybridized carbons (Fsp3) is 0.696. The number of aliphatic hydroxyl groups excluding tert-OH is 1. The second kappa shape index (κ2) is 12.8. The van der Waals surface area contributed by atoms with Gasteiger partial charge in [-0.3, -0.25) is 9.69 Å². The lowest BCUT2D eigenvalue weighted by Gasteiger charge is -2.32. The summed E-state index contributed by atoms with van der Waals surface area (Å²) in [5.74, 6) is 0.984. The summed E-state index contributed by atoms with van der Waals surface area (Å²) in [6.45, 7) is 3.82. The van der Waals surface area contributed by atoms with Crippen LogP contribution in [0, 0.1) is 0 Å². The molecule has 0 spiro atoms. The van der Waals surface area contributed by atoms with E-state index in [-0.39, 0.29) is 19.1 Å². The molecule has 0 amide bonds. The number of hydrogen-bond acceptors (Lipinski definition) is 7. The topological polar surface area (TPSA) is 71.5 Å². The number of carbonyl (C=O) groups excluding carboxylic acids is 1. The Morgan fingerprint density at radius 2 is 1.93 bits per heavy atom. The number of aliphatic hydroxyl groups is 1. The number of rotatable bonds is 12. The van der Waals surface area contributed by atoms with Crippen molar-refractivity contribution in [1.82, 2.24) is 9.80 Å². The number of likely N-dealkylation sites (N-methyl/N-ethyl adjacent to an activating group) is 2. The van der Waals surface area contributed by atoms with Gasteiger partial charge in [-0.25, -0.2) is 0 Å². The van der Waals surface area contributed by atoms with Crippen LogP contribution in [-0.2, 0) is 16.1 Å². The Balaban J connectivity index is 1.84. The maximum atomic E-state index is 11.6. The van der Waals surface area contributed by atoms with Crippen LogP contribution < -0.4 is 9.47 Å². The molecule has 0 aromatic heterocycles. The van der Waals surface area contributed by atoms with Gasteiger partial charge in [-0.1, -0.05) is 25.3 Å². The minimum atomic E-state index is -0.558. The normalized spacial score (nSPS) is 16.0. The minimum absolute atomic E-state index is 0.218. The van der Waals surface area contributed by atoms with Gasteiger partial charge in [-0.05, 0) is 51.6 Å². The van der Waals surface area contributed by atoms with E-state index in [9.17, 15) is 9.90 Å². The van der Waals surface area contributed by atoms with Crippen LogP contribution in [0.25, 0.3) is 0 Å². The smallest absolute Gasteiger partial charge is 0.320 e. The average molecular weight is 423 g/mol. The lowest BCUT2D eigenvalue weighted by Crippen LogP contribution is -2.40. The molecule has 2 rings (SSSR count). The SMILES string of the molecule is CCOC(=O)CN(C)Cc1ccc(OC[C@H](O)CN(C)C2CCCCC2)c(OC)c1. The van der Waals surface area contributed by atoms with Crippen molar-refractivity contribution in [1.29, 1.82) is 0 Å². The zero-order chi connectivity index (χ0) is 21.9. The van der Waals surface area contributed by atoms with E-state index >= 15 is 0 Å². The zero-order valence-electron chi connectivity index (χ0n) is 18.9.